The highest BCUT2D eigenvalue weighted by atomic mass is 32.1. The molecule has 3 nitrogen and oxygen atoms in total. The molecular weight excluding hydrogens is 323 g/mol. The molecule has 0 radical (unpaired) electrons. The molecule has 0 saturated heterocycles. The summed E-state index contributed by atoms with van der Waals surface area (Å²) in [6, 6.07) is 10.0. The van der Waals surface area contributed by atoms with Crippen molar-refractivity contribution in [1.29, 1.82) is 0 Å². The largest absolute Gasteiger partial charge is 0.312 e. The Labute approximate surface area is 143 Å². The van der Waals surface area contributed by atoms with Gasteiger partial charge >= 0.3 is 0 Å². The lowest BCUT2D eigenvalue weighted by molar-refractivity contribution is 0.0994. The number of halogens is 1. The van der Waals surface area contributed by atoms with Crippen LogP contribution < -0.4 is 4.80 Å². The fourth-order valence-electron chi connectivity index (χ4n) is 2.49. The summed E-state index contributed by atoms with van der Waals surface area (Å²) in [7, 11) is 0. The summed E-state index contributed by atoms with van der Waals surface area (Å²) in [5.41, 5.74) is 3.34. The van der Waals surface area contributed by atoms with Crippen LogP contribution in [0, 0.1) is 19.7 Å². The van der Waals surface area contributed by atoms with Crippen LogP contribution in [0.3, 0.4) is 0 Å². The summed E-state index contributed by atoms with van der Waals surface area (Å²) in [5.74, 6) is -1.14. The molecule has 0 fully saturated rings. The van der Waals surface area contributed by atoms with Crippen molar-refractivity contribution >= 4 is 27.5 Å². The molecule has 0 unspecified atom stereocenters. The number of thiazole rings is 1. The minimum absolute atomic E-state index is 0.0209. The molecular formula is C19H17FN2OS. The average Bonchev–Trinajstić information content (AvgIpc) is 2.85. The number of carbonyl (C=O) groups excluding carboxylic acids is 1. The minimum atomic E-state index is -0.578. The van der Waals surface area contributed by atoms with Crippen molar-refractivity contribution < 1.29 is 9.18 Å². The Morgan fingerprint density at radius 3 is 2.71 bits per heavy atom. The Bertz CT molecular complexity index is 1010. The first-order valence-electron chi connectivity index (χ1n) is 7.56. The molecule has 0 aliphatic carbocycles. The van der Waals surface area contributed by atoms with E-state index < -0.39 is 11.7 Å². The Kier molecular flexibility index (Phi) is 4.44. The van der Waals surface area contributed by atoms with Gasteiger partial charge in [-0.2, -0.15) is 4.99 Å². The van der Waals surface area contributed by atoms with Crippen LogP contribution in [0.4, 0.5) is 4.39 Å². The third-order valence-electron chi connectivity index (χ3n) is 3.91. The SMILES string of the molecule is C=CCn1c(=NC(=O)c2ccccc2F)sc2cc(C)c(C)cc21. The number of rotatable bonds is 3. The molecule has 0 aliphatic rings. The van der Waals surface area contributed by atoms with Gasteiger partial charge in [-0.25, -0.2) is 4.39 Å². The fourth-order valence-corrected chi connectivity index (χ4v) is 3.61. The maximum absolute atomic E-state index is 13.8. The molecule has 1 amide bonds. The number of benzene rings is 2. The van der Waals surface area contributed by atoms with Crippen molar-refractivity contribution in [3.63, 3.8) is 0 Å². The van der Waals surface area contributed by atoms with E-state index in [1.807, 2.05) is 18.4 Å². The van der Waals surface area contributed by atoms with Crippen LogP contribution in [0.25, 0.3) is 10.2 Å². The molecule has 24 heavy (non-hydrogen) atoms. The number of amides is 1. The number of allylic oxidation sites excluding steroid dienone is 1. The van der Waals surface area contributed by atoms with E-state index in [2.05, 4.69) is 23.7 Å². The second-order valence-electron chi connectivity index (χ2n) is 5.58. The average molecular weight is 340 g/mol. The topological polar surface area (TPSA) is 34.4 Å². The molecule has 2 aromatic carbocycles. The van der Waals surface area contributed by atoms with Crippen LogP contribution in [0.1, 0.15) is 21.5 Å². The van der Waals surface area contributed by atoms with E-state index in [1.54, 1.807) is 18.2 Å². The molecule has 1 aromatic heterocycles. The van der Waals surface area contributed by atoms with Gasteiger partial charge < -0.3 is 4.57 Å². The summed E-state index contributed by atoms with van der Waals surface area (Å²) in [6.07, 6.45) is 1.76. The van der Waals surface area contributed by atoms with E-state index in [4.69, 9.17) is 0 Å². The van der Waals surface area contributed by atoms with Gasteiger partial charge in [-0.3, -0.25) is 4.79 Å². The third kappa shape index (κ3) is 2.95. The monoisotopic (exact) mass is 340 g/mol. The zero-order valence-electron chi connectivity index (χ0n) is 13.5. The van der Waals surface area contributed by atoms with Crippen LogP contribution in [-0.2, 0) is 6.54 Å². The van der Waals surface area contributed by atoms with Gasteiger partial charge in [0.1, 0.15) is 5.82 Å². The molecule has 122 valence electrons. The summed E-state index contributed by atoms with van der Waals surface area (Å²) < 4.78 is 16.8. The number of hydrogen-bond acceptors (Lipinski definition) is 2. The Hall–Kier alpha value is -2.53. The molecule has 3 aromatic rings. The van der Waals surface area contributed by atoms with Crippen molar-refractivity contribution in [2.24, 2.45) is 4.99 Å². The van der Waals surface area contributed by atoms with Crippen molar-refractivity contribution in [3.8, 4) is 0 Å². The minimum Gasteiger partial charge on any atom is -0.312 e. The number of fused-ring (bicyclic) bond motifs is 1. The van der Waals surface area contributed by atoms with Crippen LogP contribution in [0.15, 0.2) is 54.0 Å². The van der Waals surface area contributed by atoms with Crippen LogP contribution >= 0.6 is 11.3 Å². The first-order chi connectivity index (χ1) is 11.5. The second-order valence-corrected chi connectivity index (χ2v) is 6.59. The van der Waals surface area contributed by atoms with Gasteiger partial charge in [0.25, 0.3) is 5.91 Å². The molecule has 0 aliphatic heterocycles. The maximum atomic E-state index is 13.8. The van der Waals surface area contributed by atoms with Crippen LogP contribution in [0.5, 0.6) is 0 Å². The third-order valence-corrected chi connectivity index (χ3v) is 4.95. The van der Waals surface area contributed by atoms with E-state index in [0.717, 1.165) is 10.2 Å². The molecule has 0 bridgehead atoms. The number of hydrogen-bond donors (Lipinski definition) is 0. The van der Waals surface area contributed by atoms with Gasteiger partial charge in [0, 0.05) is 6.54 Å². The van der Waals surface area contributed by atoms with Gasteiger partial charge in [0.15, 0.2) is 4.80 Å². The predicted octanol–water partition coefficient (Wildman–Crippen LogP) is 4.39. The van der Waals surface area contributed by atoms with Gasteiger partial charge in [0.2, 0.25) is 0 Å². The molecule has 5 heteroatoms. The Morgan fingerprint density at radius 1 is 1.29 bits per heavy atom. The van der Waals surface area contributed by atoms with Gasteiger partial charge in [-0.1, -0.05) is 29.5 Å². The number of carbonyl (C=O) groups is 1. The number of aromatic nitrogens is 1. The zero-order valence-corrected chi connectivity index (χ0v) is 14.4. The van der Waals surface area contributed by atoms with Crippen LogP contribution in [-0.4, -0.2) is 10.5 Å². The Balaban J connectivity index is 2.21. The standard InChI is InChI=1S/C19H17FN2OS/c1-4-9-22-16-10-12(2)13(3)11-17(16)24-19(22)21-18(23)14-7-5-6-8-15(14)20/h4-8,10-11H,1,9H2,2-3H3. The van der Waals surface area contributed by atoms with Crippen molar-refractivity contribution in [2.75, 3.05) is 0 Å². The first kappa shape index (κ1) is 16.3. The predicted molar refractivity (Wildman–Crippen MR) is 95.8 cm³/mol. The quantitative estimate of drug-likeness (QED) is 0.651. The van der Waals surface area contributed by atoms with Crippen molar-refractivity contribution in [2.45, 2.75) is 20.4 Å². The summed E-state index contributed by atoms with van der Waals surface area (Å²) in [5, 5.41) is 0. The highest BCUT2D eigenvalue weighted by molar-refractivity contribution is 7.16. The van der Waals surface area contributed by atoms with Gasteiger partial charge in [-0.05, 0) is 49.2 Å². The van der Waals surface area contributed by atoms with E-state index in [1.165, 1.54) is 34.6 Å². The molecule has 0 saturated carbocycles. The molecule has 0 spiro atoms. The highest BCUT2D eigenvalue weighted by Crippen LogP contribution is 2.22. The molecule has 0 N–H and O–H groups in total. The lowest BCUT2D eigenvalue weighted by Gasteiger charge is -2.04. The summed E-state index contributed by atoms with van der Waals surface area (Å²) in [4.78, 5) is 17.1. The lowest BCUT2D eigenvalue weighted by atomic mass is 10.1. The van der Waals surface area contributed by atoms with E-state index in [9.17, 15) is 9.18 Å². The van der Waals surface area contributed by atoms with E-state index in [0.29, 0.717) is 11.3 Å². The molecule has 3 rings (SSSR count). The van der Waals surface area contributed by atoms with Crippen LogP contribution in [0.2, 0.25) is 0 Å². The van der Waals surface area contributed by atoms with Gasteiger partial charge in [0.05, 0.1) is 15.8 Å². The molecule has 1 heterocycles. The zero-order chi connectivity index (χ0) is 17.3. The van der Waals surface area contributed by atoms with Crippen molar-refractivity contribution in [1.82, 2.24) is 4.57 Å². The number of aryl methyl sites for hydroxylation is 2. The summed E-state index contributed by atoms with van der Waals surface area (Å²) in [6.45, 7) is 8.40. The van der Waals surface area contributed by atoms with E-state index >= 15 is 0 Å². The first-order valence-corrected chi connectivity index (χ1v) is 8.38. The molecule has 0 atom stereocenters. The maximum Gasteiger partial charge on any atom is 0.282 e. The second kappa shape index (κ2) is 6.53. The lowest BCUT2D eigenvalue weighted by Crippen LogP contribution is -2.16. The smallest absolute Gasteiger partial charge is 0.282 e. The van der Waals surface area contributed by atoms with Crippen molar-refractivity contribution in [3.05, 3.63) is 76.4 Å². The van der Waals surface area contributed by atoms with Gasteiger partial charge in [-0.15, -0.1) is 6.58 Å². The Morgan fingerprint density at radius 2 is 2.00 bits per heavy atom. The van der Waals surface area contributed by atoms with E-state index in [-0.39, 0.29) is 5.56 Å². The highest BCUT2D eigenvalue weighted by Gasteiger charge is 2.12. The number of nitrogens with zero attached hydrogens (tertiary/aromatic N) is 2. The summed E-state index contributed by atoms with van der Waals surface area (Å²) >= 11 is 1.42. The fraction of sp³-hybridized carbons (Fsp3) is 0.158. The normalized spacial score (nSPS) is 11.9.